The second-order valence-electron chi connectivity index (χ2n) is 5.88. The van der Waals surface area contributed by atoms with E-state index >= 15 is 0 Å². The first-order valence-electron chi connectivity index (χ1n) is 7.79. The molecule has 0 radical (unpaired) electrons. The van der Waals surface area contributed by atoms with E-state index in [1.807, 2.05) is 0 Å². The SMILES string of the molecule is CN(C)c1ccc(C(F)(F)F)cc1NC(=O)c1ccc(-n2cnnn2)cc1. The average molecular weight is 376 g/mol. The van der Waals surface area contributed by atoms with Crippen molar-refractivity contribution in [3.8, 4) is 5.69 Å². The second kappa shape index (κ2) is 7.06. The van der Waals surface area contributed by atoms with Crippen LogP contribution in [-0.4, -0.2) is 40.2 Å². The summed E-state index contributed by atoms with van der Waals surface area (Å²) in [6.45, 7) is 0. The van der Waals surface area contributed by atoms with Crippen LogP contribution in [0.1, 0.15) is 15.9 Å². The molecule has 0 aliphatic rings. The molecule has 0 atom stereocenters. The molecule has 1 amide bonds. The maximum absolute atomic E-state index is 13.0. The Morgan fingerprint density at radius 3 is 2.37 bits per heavy atom. The van der Waals surface area contributed by atoms with Gasteiger partial charge in [0.05, 0.1) is 22.6 Å². The predicted molar refractivity (Wildman–Crippen MR) is 92.9 cm³/mol. The normalized spacial score (nSPS) is 11.3. The third kappa shape index (κ3) is 4.05. The number of halogens is 3. The Balaban J connectivity index is 1.86. The zero-order valence-electron chi connectivity index (χ0n) is 14.4. The highest BCUT2D eigenvalue weighted by Gasteiger charge is 2.31. The number of benzene rings is 2. The Morgan fingerprint density at radius 1 is 1.11 bits per heavy atom. The number of nitrogens with one attached hydrogen (secondary N) is 1. The van der Waals surface area contributed by atoms with Crippen LogP contribution in [0.4, 0.5) is 24.5 Å². The minimum absolute atomic E-state index is 0.0735. The summed E-state index contributed by atoms with van der Waals surface area (Å²) in [5, 5.41) is 13.3. The van der Waals surface area contributed by atoms with Gasteiger partial charge in [-0.1, -0.05) is 0 Å². The van der Waals surface area contributed by atoms with E-state index in [0.717, 1.165) is 12.1 Å². The van der Waals surface area contributed by atoms with Crippen LogP contribution in [0.3, 0.4) is 0 Å². The van der Waals surface area contributed by atoms with Crippen LogP contribution in [0.15, 0.2) is 48.8 Å². The van der Waals surface area contributed by atoms with E-state index in [9.17, 15) is 18.0 Å². The standard InChI is InChI=1S/C17H15F3N6O/c1-25(2)15-8-5-12(17(18,19)20)9-14(15)22-16(27)11-3-6-13(7-4-11)26-10-21-23-24-26/h3-10H,1-2H3,(H,22,27). The summed E-state index contributed by atoms with van der Waals surface area (Å²) in [5.74, 6) is -0.527. The van der Waals surface area contributed by atoms with E-state index < -0.39 is 17.6 Å². The molecular formula is C17H15F3N6O. The molecule has 0 aliphatic heterocycles. The number of nitrogens with zero attached hydrogens (tertiary/aromatic N) is 5. The highest BCUT2D eigenvalue weighted by atomic mass is 19.4. The number of amides is 1. The third-order valence-electron chi connectivity index (χ3n) is 3.80. The highest BCUT2D eigenvalue weighted by molar-refractivity contribution is 6.06. The topological polar surface area (TPSA) is 75.9 Å². The van der Waals surface area contributed by atoms with Crippen LogP contribution in [0, 0.1) is 0 Å². The number of alkyl halides is 3. The molecule has 0 bridgehead atoms. The zero-order valence-corrected chi connectivity index (χ0v) is 14.4. The largest absolute Gasteiger partial charge is 0.416 e. The molecule has 1 aromatic heterocycles. The molecule has 1 N–H and O–H groups in total. The number of carbonyl (C=O) groups is 1. The number of rotatable bonds is 4. The van der Waals surface area contributed by atoms with Crippen LogP contribution in [0.2, 0.25) is 0 Å². The minimum atomic E-state index is -4.50. The van der Waals surface area contributed by atoms with Gasteiger partial charge in [-0.2, -0.15) is 13.2 Å². The van der Waals surface area contributed by atoms with Gasteiger partial charge in [0.25, 0.3) is 5.91 Å². The number of hydrogen-bond donors (Lipinski definition) is 1. The van der Waals surface area contributed by atoms with Crippen molar-refractivity contribution in [2.24, 2.45) is 0 Å². The number of hydrogen-bond acceptors (Lipinski definition) is 5. The van der Waals surface area contributed by atoms with Gasteiger partial charge in [0.15, 0.2) is 0 Å². The van der Waals surface area contributed by atoms with Crippen molar-refractivity contribution in [1.29, 1.82) is 0 Å². The molecule has 7 nitrogen and oxygen atoms in total. The van der Waals surface area contributed by atoms with Crippen molar-refractivity contribution in [2.75, 3.05) is 24.3 Å². The lowest BCUT2D eigenvalue weighted by atomic mass is 10.1. The summed E-state index contributed by atoms with van der Waals surface area (Å²) in [4.78, 5) is 14.1. The Hall–Kier alpha value is -3.43. The molecule has 2 aromatic carbocycles. The van der Waals surface area contributed by atoms with Crippen LogP contribution in [0.5, 0.6) is 0 Å². The minimum Gasteiger partial charge on any atom is -0.376 e. The van der Waals surface area contributed by atoms with Crippen LogP contribution >= 0.6 is 0 Å². The smallest absolute Gasteiger partial charge is 0.376 e. The summed E-state index contributed by atoms with van der Waals surface area (Å²) in [6.07, 6.45) is -3.10. The van der Waals surface area contributed by atoms with Crippen molar-refractivity contribution in [1.82, 2.24) is 20.2 Å². The van der Waals surface area contributed by atoms with Crippen molar-refractivity contribution >= 4 is 17.3 Å². The summed E-state index contributed by atoms with van der Waals surface area (Å²) >= 11 is 0. The fraction of sp³-hybridized carbons (Fsp3) is 0.176. The van der Waals surface area contributed by atoms with Gasteiger partial charge in [-0.3, -0.25) is 4.79 Å². The Labute approximate surface area is 152 Å². The first kappa shape index (κ1) is 18.4. The molecular weight excluding hydrogens is 361 g/mol. The van der Waals surface area contributed by atoms with Gasteiger partial charge in [0, 0.05) is 19.7 Å². The molecule has 0 aliphatic carbocycles. The van der Waals surface area contributed by atoms with E-state index in [-0.39, 0.29) is 11.3 Å². The van der Waals surface area contributed by atoms with Gasteiger partial charge < -0.3 is 10.2 Å². The molecule has 10 heteroatoms. The van der Waals surface area contributed by atoms with Gasteiger partial charge >= 0.3 is 6.18 Å². The Morgan fingerprint density at radius 2 is 1.81 bits per heavy atom. The third-order valence-corrected chi connectivity index (χ3v) is 3.80. The second-order valence-corrected chi connectivity index (χ2v) is 5.88. The molecule has 0 saturated heterocycles. The molecule has 1 heterocycles. The first-order valence-corrected chi connectivity index (χ1v) is 7.79. The summed E-state index contributed by atoms with van der Waals surface area (Å²) in [7, 11) is 3.36. The predicted octanol–water partition coefficient (Wildman–Crippen LogP) is 3.00. The molecule has 0 unspecified atom stereocenters. The lowest BCUT2D eigenvalue weighted by Crippen LogP contribution is -2.18. The van der Waals surface area contributed by atoms with E-state index in [2.05, 4.69) is 20.8 Å². The van der Waals surface area contributed by atoms with E-state index in [4.69, 9.17) is 0 Å². The fourth-order valence-electron chi connectivity index (χ4n) is 2.44. The van der Waals surface area contributed by atoms with Crippen molar-refractivity contribution in [2.45, 2.75) is 6.18 Å². The molecule has 27 heavy (non-hydrogen) atoms. The summed E-state index contributed by atoms with van der Waals surface area (Å²) in [5.41, 5.74) is 0.627. The maximum atomic E-state index is 13.0. The zero-order chi connectivity index (χ0) is 19.6. The number of tetrazole rings is 1. The Bertz CT molecular complexity index is 936. The Kier molecular flexibility index (Phi) is 4.80. The summed E-state index contributed by atoms with van der Waals surface area (Å²) < 4.78 is 40.4. The maximum Gasteiger partial charge on any atom is 0.416 e. The van der Waals surface area contributed by atoms with Gasteiger partial charge in [-0.15, -0.1) is 5.10 Å². The molecule has 0 saturated carbocycles. The summed E-state index contributed by atoms with van der Waals surface area (Å²) in [6, 6.07) is 9.55. The number of aromatic nitrogens is 4. The van der Waals surface area contributed by atoms with E-state index in [1.165, 1.54) is 29.2 Å². The molecule has 0 fully saturated rings. The van der Waals surface area contributed by atoms with Gasteiger partial charge in [0.1, 0.15) is 6.33 Å². The average Bonchev–Trinajstić information content (AvgIpc) is 3.15. The number of anilines is 2. The van der Waals surface area contributed by atoms with E-state index in [1.54, 1.807) is 31.1 Å². The molecule has 140 valence electrons. The van der Waals surface area contributed by atoms with Gasteiger partial charge in [-0.05, 0) is 52.9 Å². The van der Waals surface area contributed by atoms with Crippen LogP contribution < -0.4 is 10.2 Å². The molecule has 0 spiro atoms. The van der Waals surface area contributed by atoms with Crippen molar-refractivity contribution < 1.29 is 18.0 Å². The first-order chi connectivity index (χ1) is 12.8. The quantitative estimate of drug-likeness (QED) is 0.758. The van der Waals surface area contributed by atoms with Crippen molar-refractivity contribution in [3.63, 3.8) is 0 Å². The van der Waals surface area contributed by atoms with Crippen LogP contribution in [0.25, 0.3) is 5.69 Å². The lowest BCUT2D eigenvalue weighted by Gasteiger charge is -2.20. The molecule has 3 aromatic rings. The monoisotopic (exact) mass is 376 g/mol. The van der Waals surface area contributed by atoms with Gasteiger partial charge in [0.2, 0.25) is 0 Å². The fourth-order valence-corrected chi connectivity index (χ4v) is 2.44. The van der Waals surface area contributed by atoms with Gasteiger partial charge in [-0.25, -0.2) is 4.68 Å². The van der Waals surface area contributed by atoms with Crippen LogP contribution in [-0.2, 0) is 6.18 Å². The lowest BCUT2D eigenvalue weighted by molar-refractivity contribution is -0.137. The van der Waals surface area contributed by atoms with Crippen molar-refractivity contribution in [3.05, 3.63) is 59.9 Å². The number of carbonyl (C=O) groups excluding carboxylic acids is 1. The highest BCUT2D eigenvalue weighted by Crippen LogP contribution is 2.35. The molecule has 3 rings (SSSR count). The van der Waals surface area contributed by atoms with E-state index in [0.29, 0.717) is 11.4 Å².